The maximum atomic E-state index is 11.9. The van der Waals surface area contributed by atoms with E-state index in [4.69, 9.17) is 4.74 Å². The van der Waals surface area contributed by atoms with Crippen LogP contribution in [-0.4, -0.2) is 41.7 Å². The molecule has 0 saturated heterocycles. The molecule has 0 atom stereocenters. The van der Waals surface area contributed by atoms with Crippen molar-refractivity contribution in [1.82, 2.24) is 0 Å². The van der Waals surface area contributed by atoms with Crippen LogP contribution in [0.3, 0.4) is 0 Å². The molecule has 0 aliphatic heterocycles. The minimum Gasteiger partial charge on any atom is -0.455 e. The van der Waals surface area contributed by atoms with Crippen molar-refractivity contribution in [2.45, 2.75) is 13.8 Å². The molecule has 0 aliphatic carbocycles. The van der Waals surface area contributed by atoms with Gasteiger partial charge in [-0.15, -0.1) is 11.8 Å². The number of Topliss-reactive ketones (excluding diaryl/α,β-unsaturated/α-hetero) is 1. The highest BCUT2D eigenvalue weighted by Crippen LogP contribution is 2.12. The van der Waals surface area contributed by atoms with Gasteiger partial charge in [-0.3, -0.25) is 19.2 Å². The summed E-state index contributed by atoms with van der Waals surface area (Å²) in [6.45, 7) is 2.91. The van der Waals surface area contributed by atoms with Crippen molar-refractivity contribution in [2.75, 3.05) is 28.7 Å². The van der Waals surface area contributed by atoms with Crippen LogP contribution in [0, 0.1) is 6.92 Å². The predicted octanol–water partition coefficient (Wildman–Crippen LogP) is 3.05. The smallest absolute Gasteiger partial charge is 0.316 e. The molecule has 29 heavy (non-hydrogen) atoms. The fourth-order valence-electron chi connectivity index (χ4n) is 2.35. The van der Waals surface area contributed by atoms with E-state index in [1.54, 1.807) is 30.3 Å². The zero-order valence-electron chi connectivity index (χ0n) is 16.2. The monoisotopic (exact) mass is 414 g/mol. The van der Waals surface area contributed by atoms with E-state index in [1.165, 1.54) is 6.92 Å². The lowest BCUT2D eigenvalue weighted by molar-refractivity contribution is -0.144. The second-order valence-electron chi connectivity index (χ2n) is 6.26. The molecule has 0 heterocycles. The van der Waals surface area contributed by atoms with Crippen molar-refractivity contribution in [2.24, 2.45) is 0 Å². The van der Waals surface area contributed by atoms with E-state index in [-0.39, 0.29) is 23.2 Å². The number of thioether (sulfide) groups is 1. The maximum Gasteiger partial charge on any atom is 0.316 e. The lowest BCUT2D eigenvalue weighted by atomic mass is 10.1. The summed E-state index contributed by atoms with van der Waals surface area (Å²) in [6, 6.07) is 13.9. The average molecular weight is 414 g/mol. The van der Waals surface area contributed by atoms with Crippen molar-refractivity contribution in [3.63, 3.8) is 0 Å². The topological polar surface area (TPSA) is 102 Å². The molecule has 152 valence electrons. The number of ether oxygens (including phenoxy) is 1. The Hall–Kier alpha value is -3.13. The highest BCUT2D eigenvalue weighted by molar-refractivity contribution is 8.00. The van der Waals surface area contributed by atoms with Gasteiger partial charge in [-0.1, -0.05) is 24.3 Å². The van der Waals surface area contributed by atoms with Crippen LogP contribution in [-0.2, 0) is 19.1 Å². The SMILES string of the molecule is CC(=O)c1cccc(NC(=O)COC(=O)CSCC(=O)Nc2cccc(C)c2)c1. The molecule has 2 N–H and O–H groups in total. The number of rotatable bonds is 9. The Kier molecular flexibility index (Phi) is 8.42. The molecule has 0 fully saturated rings. The number of carbonyl (C=O) groups excluding carboxylic acids is 4. The molecule has 2 rings (SSSR count). The average Bonchev–Trinajstić information content (AvgIpc) is 2.66. The molecule has 2 aromatic carbocycles. The van der Waals surface area contributed by atoms with Crippen molar-refractivity contribution in [3.8, 4) is 0 Å². The van der Waals surface area contributed by atoms with Gasteiger partial charge in [0.25, 0.3) is 5.91 Å². The van der Waals surface area contributed by atoms with Gasteiger partial charge >= 0.3 is 5.97 Å². The highest BCUT2D eigenvalue weighted by Gasteiger charge is 2.10. The molecular formula is C21H22N2O5S. The van der Waals surface area contributed by atoms with Gasteiger partial charge in [-0.25, -0.2) is 0 Å². The summed E-state index contributed by atoms with van der Waals surface area (Å²) in [5.41, 5.74) is 2.65. The van der Waals surface area contributed by atoms with Crippen LogP contribution in [0.25, 0.3) is 0 Å². The summed E-state index contributed by atoms with van der Waals surface area (Å²) in [5.74, 6) is -1.40. The van der Waals surface area contributed by atoms with Crippen LogP contribution >= 0.6 is 11.8 Å². The summed E-state index contributed by atoms with van der Waals surface area (Å²) in [6.07, 6.45) is 0. The van der Waals surface area contributed by atoms with Gasteiger partial charge in [0.2, 0.25) is 5.91 Å². The van der Waals surface area contributed by atoms with Crippen LogP contribution < -0.4 is 10.6 Å². The normalized spacial score (nSPS) is 10.1. The number of esters is 1. The Balaban J connectivity index is 1.66. The first-order chi connectivity index (χ1) is 13.8. The van der Waals surface area contributed by atoms with Crippen LogP contribution in [0.5, 0.6) is 0 Å². The maximum absolute atomic E-state index is 11.9. The molecule has 0 radical (unpaired) electrons. The first-order valence-corrected chi connectivity index (χ1v) is 9.99. The number of hydrogen-bond acceptors (Lipinski definition) is 6. The van der Waals surface area contributed by atoms with E-state index in [2.05, 4.69) is 10.6 Å². The van der Waals surface area contributed by atoms with Gasteiger partial charge in [-0.05, 0) is 43.7 Å². The number of nitrogens with one attached hydrogen (secondary N) is 2. The Morgan fingerprint density at radius 2 is 1.55 bits per heavy atom. The third kappa shape index (κ3) is 8.18. The number of hydrogen-bond donors (Lipinski definition) is 2. The standard InChI is InChI=1S/C21H22N2O5S/c1-14-5-3-7-17(9-14)23-20(26)12-29-13-21(27)28-11-19(25)22-18-8-4-6-16(10-18)15(2)24/h3-10H,11-13H2,1-2H3,(H,22,25)(H,23,26). The number of anilines is 2. The van der Waals surface area contributed by atoms with Gasteiger partial charge in [0, 0.05) is 16.9 Å². The molecular weight excluding hydrogens is 392 g/mol. The summed E-state index contributed by atoms with van der Waals surface area (Å²) >= 11 is 1.10. The second kappa shape index (κ2) is 11.0. The van der Waals surface area contributed by atoms with Gasteiger partial charge in [0.15, 0.2) is 12.4 Å². The first kappa shape index (κ1) is 22.2. The number of benzene rings is 2. The largest absolute Gasteiger partial charge is 0.455 e. The molecule has 0 bridgehead atoms. The number of ketones is 1. The molecule has 2 aromatic rings. The van der Waals surface area contributed by atoms with Crippen molar-refractivity contribution >= 4 is 46.7 Å². The zero-order valence-corrected chi connectivity index (χ0v) is 17.0. The Bertz CT molecular complexity index is 913. The lowest BCUT2D eigenvalue weighted by Gasteiger charge is -2.08. The van der Waals surface area contributed by atoms with E-state index in [1.807, 2.05) is 25.1 Å². The molecule has 8 heteroatoms. The Labute approximate surface area is 173 Å². The fraction of sp³-hybridized carbons (Fsp3) is 0.238. The quantitative estimate of drug-likeness (QED) is 0.483. The van der Waals surface area contributed by atoms with Gasteiger partial charge in [-0.2, -0.15) is 0 Å². The minimum atomic E-state index is -0.592. The van der Waals surface area contributed by atoms with E-state index in [0.717, 1.165) is 17.3 Å². The van der Waals surface area contributed by atoms with E-state index >= 15 is 0 Å². The summed E-state index contributed by atoms with van der Waals surface area (Å²) in [4.78, 5) is 46.8. The van der Waals surface area contributed by atoms with E-state index < -0.39 is 18.5 Å². The second-order valence-corrected chi connectivity index (χ2v) is 7.24. The lowest BCUT2D eigenvalue weighted by Crippen LogP contribution is -2.22. The van der Waals surface area contributed by atoms with Crippen molar-refractivity contribution < 1.29 is 23.9 Å². The minimum absolute atomic E-state index is 0.0473. The summed E-state index contributed by atoms with van der Waals surface area (Å²) < 4.78 is 4.90. The van der Waals surface area contributed by atoms with E-state index in [9.17, 15) is 19.2 Å². The molecule has 2 amide bonds. The molecule has 7 nitrogen and oxygen atoms in total. The first-order valence-electron chi connectivity index (χ1n) is 8.84. The van der Waals surface area contributed by atoms with Gasteiger partial charge in [0.1, 0.15) is 0 Å². The molecule has 0 saturated carbocycles. The fourth-order valence-corrected chi connectivity index (χ4v) is 2.96. The third-order valence-electron chi connectivity index (χ3n) is 3.67. The van der Waals surface area contributed by atoms with E-state index in [0.29, 0.717) is 16.9 Å². The highest BCUT2D eigenvalue weighted by atomic mass is 32.2. The third-order valence-corrected chi connectivity index (χ3v) is 4.58. The summed E-state index contributed by atoms with van der Waals surface area (Å²) in [5, 5.41) is 5.31. The molecule has 0 unspecified atom stereocenters. The van der Waals surface area contributed by atoms with Crippen molar-refractivity contribution in [3.05, 3.63) is 59.7 Å². The number of carbonyl (C=O) groups is 4. The molecule has 0 spiro atoms. The van der Waals surface area contributed by atoms with Crippen LogP contribution in [0.1, 0.15) is 22.8 Å². The van der Waals surface area contributed by atoms with Crippen molar-refractivity contribution in [1.29, 1.82) is 0 Å². The Morgan fingerprint density at radius 3 is 2.24 bits per heavy atom. The van der Waals surface area contributed by atoms with Crippen LogP contribution in [0.15, 0.2) is 48.5 Å². The molecule has 0 aliphatic rings. The van der Waals surface area contributed by atoms with Gasteiger partial charge < -0.3 is 15.4 Å². The molecule has 0 aromatic heterocycles. The number of amides is 2. The van der Waals surface area contributed by atoms with Crippen LogP contribution in [0.2, 0.25) is 0 Å². The zero-order chi connectivity index (χ0) is 21.2. The van der Waals surface area contributed by atoms with Gasteiger partial charge in [0.05, 0.1) is 11.5 Å². The number of aryl methyl sites for hydroxylation is 1. The Morgan fingerprint density at radius 1 is 0.897 bits per heavy atom. The predicted molar refractivity (Wildman–Crippen MR) is 113 cm³/mol. The van der Waals surface area contributed by atoms with Crippen LogP contribution in [0.4, 0.5) is 11.4 Å². The summed E-state index contributed by atoms with van der Waals surface area (Å²) in [7, 11) is 0.